The van der Waals surface area contributed by atoms with E-state index in [2.05, 4.69) is 15.2 Å². The summed E-state index contributed by atoms with van der Waals surface area (Å²) in [5.41, 5.74) is -0.0839. The third-order valence-electron chi connectivity index (χ3n) is 5.58. The van der Waals surface area contributed by atoms with Crippen LogP contribution in [0.2, 0.25) is 0 Å². The Hall–Kier alpha value is -1.24. The molecule has 0 amide bonds. The Morgan fingerprint density at radius 3 is 3.04 bits per heavy atom. The summed E-state index contributed by atoms with van der Waals surface area (Å²) in [7, 11) is 0. The number of piperidine rings is 1. The van der Waals surface area contributed by atoms with Crippen molar-refractivity contribution in [3.63, 3.8) is 0 Å². The molecule has 3 aliphatic heterocycles. The standard InChI is InChI=1S/C18H26FN3O2/c19-16-3-1-7-20-17(16)21-14-11-18(24-12-14)6-2-8-22(13-18)15-4-9-23-10-5-15/h1,3,7,14-15H,2,4-6,8-13H2,(H,20,21)/t14-,18+/m0/s1. The molecule has 3 aliphatic rings. The molecule has 1 aromatic rings. The Balaban J connectivity index is 1.38. The first-order valence-electron chi connectivity index (χ1n) is 9.07. The monoisotopic (exact) mass is 335 g/mol. The zero-order chi connectivity index (χ0) is 16.4. The van der Waals surface area contributed by atoms with Crippen molar-refractivity contribution in [3.8, 4) is 0 Å². The van der Waals surface area contributed by atoms with Crippen molar-refractivity contribution in [2.45, 2.75) is 49.8 Å². The Morgan fingerprint density at radius 2 is 2.21 bits per heavy atom. The summed E-state index contributed by atoms with van der Waals surface area (Å²) in [6.07, 6.45) is 7.04. The van der Waals surface area contributed by atoms with E-state index in [1.165, 1.54) is 12.5 Å². The molecule has 0 unspecified atom stereocenters. The number of hydrogen-bond donors (Lipinski definition) is 1. The van der Waals surface area contributed by atoms with Gasteiger partial charge in [-0.05, 0) is 44.4 Å². The number of nitrogens with zero attached hydrogens (tertiary/aromatic N) is 2. The third-order valence-corrected chi connectivity index (χ3v) is 5.58. The van der Waals surface area contributed by atoms with E-state index < -0.39 is 0 Å². The summed E-state index contributed by atoms with van der Waals surface area (Å²) in [6.45, 7) is 4.51. The van der Waals surface area contributed by atoms with Gasteiger partial charge in [0.15, 0.2) is 11.6 Å². The van der Waals surface area contributed by atoms with Crippen LogP contribution in [-0.2, 0) is 9.47 Å². The molecule has 4 rings (SSSR count). The quantitative estimate of drug-likeness (QED) is 0.919. The van der Waals surface area contributed by atoms with Gasteiger partial charge in [-0.3, -0.25) is 4.90 Å². The van der Waals surface area contributed by atoms with Gasteiger partial charge in [0.05, 0.1) is 18.2 Å². The van der Waals surface area contributed by atoms with Crippen molar-refractivity contribution in [1.82, 2.24) is 9.88 Å². The minimum absolute atomic E-state index is 0.0839. The minimum atomic E-state index is -0.300. The molecular weight excluding hydrogens is 309 g/mol. The van der Waals surface area contributed by atoms with E-state index in [0.29, 0.717) is 18.5 Å². The molecule has 24 heavy (non-hydrogen) atoms. The molecule has 6 heteroatoms. The fourth-order valence-corrected chi connectivity index (χ4v) is 4.40. The van der Waals surface area contributed by atoms with Crippen molar-refractivity contribution in [2.24, 2.45) is 0 Å². The first-order chi connectivity index (χ1) is 11.7. The number of halogens is 1. The summed E-state index contributed by atoms with van der Waals surface area (Å²) >= 11 is 0. The molecule has 132 valence electrons. The van der Waals surface area contributed by atoms with E-state index in [1.807, 2.05) is 0 Å². The number of aromatic nitrogens is 1. The van der Waals surface area contributed by atoms with Crippen LogP contribution in [-0.4, -0.2) is 60.5 Å². The summed E-state index contributed by atoms with van der Waals surface area (Å²) in [6, 6.07) is 3.80. The van der Waals surface area contributed by atoms with Gasteiger partial charge in [-0.1, -0.05) is 0 Å². The minimum Gasteiger partial charge on any atom is -0.381 e. The van der Waals surface area contributed by atoms with Gasteiger partial charge in [-0.15, -0.1) is 0 Å². The molecule has 0 aromatic carbocycles. The predicted molar refractivity (Wildman–Crippen MR) is 89.6 cm³/mol. The van der Waals surface area contributed by atoms with Crippen LogP contribution in [0, 0.1) is 5.82 Å². The largest absolute Gasteiger partial charge is 0.381 e. The van der Waals surface area contributed by atoms with Gasteiger partial charge in [0.2, 0.25) is 0 Å². The lowest BCUT2D eigenvalue weighted by atomic mass is 9.87. The van der Waals surface area contributed by atoms with E-state index in [-0.39, 0.29) is 17.5 Å². The van der Waals surface area contributed by atoms with Crippen LogP contribution in [0.1, 0.15) is 32.1 Å². The maximum atomic E-state index is 13.8. The third kappa shape index (κ3) is 3.41. The molecule has 1 aromatic heterocycles. The highest BCUT2D eigenvalue weighted by atomic mass is 19.1. The van der Waals surface area contributed by atoms with Gasteiger partial charge in [0, 0.05) is 38.4 Å². The lowest BCUT2D eigenvalue weighted by Gasteiger charge is -2.44. The van der Waals surface area contributed by atoms with Gasteiger partial charge in [0.25, 0.3) is 0 Å². The maximum absolute atomic E-state index is 13.8. The maximum Gasteiger partial charge on any atom is 0.165 e. The number of anilines is 1. The van der Waals surface area contributed by atoms with Crippen molar-refractivity contribution in [1.29, 1.82) is 0 Å². The first-order valence-corrected chi connectivity index (χ1v) is 9.07. The SMILES string of the molecule is Fc1cccnc1N[C@@H]1CO[C@]2(CCCN(C3CCOCC3)C2)C1. The Morgan fingerprint density at radius 1 is 1.33 bits per heavy atom. The lowest BCUT2D eigenvalue weighted by Crippen LogP contribution is -2.53. The van der Waals surface area contributed by atoms with Crippen LogP contribution < -0.4 is 5.32 Å². The summed E-state index contributed by atoms with van der Waals surface area (Å²) in [5, 5.41) is 3.23. The van der Waals surface area contributed by atoms with E-state index in [4.69, 9.17) is 9.47 Å². The Labute approximate surface area is 142 Å². The fourth-order valence-electron chi connectivity index (χ4n) is 4.40. The molecule has 0 aliphatic carbocycles. The van der Waals surface area contributed by atoms with Crippen molar-refractivity contribution < 1.29 is 13.9 Å². The highest BCUT2D eigenvalue weighted by Gasteiger charge is 2.44. The number of rotatable bonds is 3. The Bertz CT molecular complexity index is 567. The number of nitrogens with one attached hydrogen (secondary N) is 1. The molecule has 3 fully saturated rings. The van der Waals surface area contributed by atoms with Gasteiger partial charge in [0.1, 0.15) is 0 Å². The number of likely N-dealkylation sites (tertiary alicyclic amines) is 1. The zero-order valence-corrected chi connectivity index (χ0v) is 14.0. The van der Waals surface area contributed by atoms with Crippen LogP contribution in [0.3, 0.4) is 0 Å². The fraction of sp³-hybridized carbons (Fsp3) is 0.722. The average molecular weight is 335 g/mol. The predicted octanol–water partition coefficient (Wildman–Crippen LogP) is 2.44. The van der Waals surface area contributed by atoms with Crippen LogP contribution >= 0.6 is 0 Å². The lowest BCUT2D eigenvalue weighted by molar-refractivity contribution is -0.0741. The summed E-state index contributed by atoms with van der Waals surface area (Å²) in [4.78, 5) is 6.69. The normalized spacial score (nSPS) is 32.3. The average Bonchev–Trinajstić information content (AvgIpc) is 3.00. The Kier molecular flexibility index (Phi) is 4.70. The second-order valence-electron chi connectivity index (χ2n) is 7.29. The molecule has 5 nitrogen and oxygen atoms in total. The van der Waals surface area contributed by atoms with Crippen LogP contribution in [0.15, 0.2) is 18.3 Å². The van der Waals surface area contributed by atoms with Crippen molar-refractivity contribution in [2.75, 3.05) is 38.2 Å². The second-order valence-corrected chi connectivity index (χ2v) is 7.29. The van der Waals surface area contributed by atoms with Gasteiger partial charge < -0.3 is 14.8 Å². The number of ether oxygens (including phenoxy) is 2. The van der Waals surface area contributed by atoms with Gasteiger partial charge in [-0.25, -0.2) is 9.37 Å². The molecule has 0 bridgehead atoms. The topological polar surface area (TPSA) is 46.6 Å². The molecular formula is C18H26FN3O2. The second kappa shape index (κ2) is 6.94. The molecule has 0 radical (unpaired) electrons. The summed E-state index contributed by atoms with van der Waals surface area (Å²) in [5.74, 6) is 0.0335. The van der Waals surface area contributed by atoms with Gasteiger partial charge >= 0.3 is 0 Å². The first kappa shape index (κ1) is 16.2. The van der Waals surface area contributed by atoms with Crippen molar-refractivity contribution in [3.05, 3.63) is 24.1 Å². The molecule has 0 saturated carbocycles. The molecule has 2 atom stereocenters. The van der Waals surface area contributed by atoms with Crippen LogP contribution in [0.5, 0.6) is 0 Å². The highest BCUT2D eigenvalue weighted by Crippen LogP contribution is 2.37. The van der Waals surface area contributed by atoms with Crippen LogP contribution in [0.4, 0.5) is 10.2 Å². The van der Waals surface area contributed by atoms with Gasteiger partial charge in [-0.2, -0.15) is 0 Å². The zero-order valence-electron chi connectivity index (χ0n) is 14.0. The summed E-state index contributed by atoms with van der Waals surface area (Å²) < 4.78 is 25.5. The van der Waals surface area contributed by atoms with E-state index in [1.54, 1.807) is 12.3 Å². The van der Waals surface area contributed by atoms with Crippen molar-refractivity contribution >= 4 is 5.82 Å². The molecule has 4 heterocycles. The van der Waals surface area contributed by atoms with E-state index >= 15 is 0 Å². The molecule has 3 saturated heterocycles. The number of hydrogen-bond acceptors (Lipinski definition) is 5. The van der Waals surface area contributed by atoms with E-state index in [0.717, 1.165) is 52.0 Å². The number of pyridine rings is 1. The van der Waals surface area contributed by atoms with Crippen LogP contribution in [0.25, 0.3) is 0 Å². The molecule has 1 N–H and O–H groups in total. The highest BCUT2D eigenvalue weighted by molar-refractivity contribution is 5.37. The van der Waals surface area contributed by atoms with E-state index in [9.17, 15) is 4.39 Å². The molecule has 1 spiro atoms. The smallest absolute Gasteiger partial charge is 0.165 e.